The van der Waals surface area contributed by atoms with Crippen molar-refractivity contribution in [2.24, 2.45) is 0 Å². The molecular formula is C11H13ClN2O2. The van der Waals surface area contributed by atoms with Crippen LogP contribution in [0.5, 0.6) is 5.75 Å². The molecule has 4 nitrogen and oxygen atoms in total. The van der Waals surface area contributed by atoms with Gasteiger partial charge in [-0.1, -0.05) is 17.7 Å². The summed E-state index contributed by atoms with van der Waals surface area (Å²) in [6, 6.07) is 4.71. The first kappa shape index (κ1) is 12.4. The number of benzene rings is 1. The van der Waals surface area contributed by atoms with Gasteiger partial charge >= 0.3 is 6.03 Å². The predicted octanol–water partition coefficient (Wildman–Crippen LogP) is 2.66. The van der Waals surface area contributed by atoms with Gasteiger partial charge in [0.15, 0.2) is 0 Å². The lowest BCUT2D eigenvalue weighted by molar-refractivity contribution is 0.253. The molecular weight excluding hydrogens is 228 g/mol. The lowest BCUT2D eigenvalue weighted by Gasteiger charge is -2.08. The van der Waals surface area contributed by atoms with Gasteiger partial charge in [0.2, 0.25) is 0 Å². The SMILES string of the molecule is C=CCNC(=O)Nc1ccc(OC)c(Cl)c1. The minimum atomic E-state index is -0.305. The molecule has 0 aromatic heterocycles. The Balaban J connectivity index is 2.64. The van der Waals surface area contributed by atoms with Crippen LogP contribution in [-0.4, -0.2) is 19.7 Å². The van der Waals surface area contributed by atoms with Gasteiger partial charge < -0.3 is 15.4 Å². The van der Waals surface area contributed by atoms with Crippen LogP contribution < -0.4 is 15.4 Å². The van der Waals surface area contributed by atoms with E-state index in [0.29, 0.717) is 23.0 Å². The average Bonchev–Trinajstić information content (AvgIpc) is 2.26. The van der Waals surface area contributed by atoms with Crippen molar-refractivity contribution in [3.05, 3.63) is 35.9 Å². The van der Waals surface area contributed by atoms with Crippen LogP contribution in [0.1, 0.15) is 0 Å². The number of carbonyl (C=O) groups excluding carboxylic acids is 1. The Labute approximate surface area is 99.2 Å². The van der Waals surface area contributed by atoms with Gasteiger partial charge in [-0.05, 0) is 18.2 Å². The van der Waals surface area contributed by atoms with Gasteiger partial charge in [-0.3, -0.25) is 0 Å². The summed E-state index contributed by atoms with van der Waals surface area (Å²) in [7, 11) is 1.53. The molecule has 0 spiro atoms. The summed E-state index contributed by atoms with van der Waals surface area (Å²) in [5.74, 6) is 0.568. The molecule has 0 aliphatic rings. The van der Waals surface area contributed by atoms with Crippen molar-refractivity contribution in [2.75, 3.05) is 19.0 Å². The quantitative estimate of drug-likeness (QED) is 0.795. The summed E-state index contributed by atoms with van der Waals surface area (Å²) >= 11 is 5.90. The van der Waals surface area contributed by atoms with Crippen LogP contribution in [0, 0.1) is 0 Å². The Hall–Kier alpha value is -1.68. The second kappa shape index (κ2) is 6.02. The third-order valence-electron chi connectivity index (χ3n) is 1.82. The van der Waals surface area contributed by atoms with E-state index in [4.69, 9.17) is 16.3 Å². The highest BCUT2D eigenvalue weighted by molar-refractivity contribution is 6.32. The first-order valence-electron chi connectivity index (χ1n) is 4.66. The summed E-state index contributed by atoms with van der Waals surface area (Å²) < 4.78 is 5.00. The average molecular weight is 241 g/mol. The summed E-state index contributed by atoms with van der Waals surface area (Å²) in [4.78, 5) is 11.3. The van der Waals surface area contributed by atoms with Gasteiger partial charge in [0, 0.05) is 12.2 Å². The Bertz CT molecular complexity index is 394. The van der Waals surface area contributed by atoms with Crippen LogP contribution in [0.4, 0.5) is 10.5 Å². The number of halogens is 1. The number of nitrogens with one attached hydrogen (secondary N) is 2. The second-order valence-electron chi connectivity index (χ2n) is 2.97. The third kappa shape index (κ3) is 3.47. The standard InChI is InChI=1S/C11H13ClN2O2/c1-3-6-13-11(15)14-8-4-5-10(16-2)9(12)7-8/h3-5,7H,1,6H2,2H3,(H2,13,14,15). The summed E-state index contributed by atoms with van der Waals surface area (Å²) in [6.45, 7) is 3.91. The topological polar surface area (TPSA) is 50.4 Å². The molecule has 0 bridgehead atoms. The van der Waals surface area contributed by atoms with E-state index in [2.05, 4.69) is 17.2 Å². The van der Waals surface area contributed by atoms with Crippen LogP contribution in [0.2, 0.25) is 5.02 Å². The largest absolute Gasteiger partial charge is 0.495 e. The number of ether oxygens (including phenoxy) is 1. The summed E-state index contributed by atoms with van der Waals surface area (Å²) in [5.41, 5.74) is 0.604. The van der Waals surface area contributed by atoms with Crippen molar-refractivity contribution in [1.82, 2.24) is 5.32 Å². The first-order valence-corrected chi connectivity index (χ1v) is 5.04. The molecule has 0 radical (unpaired) electrons. The molecule has 1 rings (SSSR count). The minimum Gasteiger partial charge on any atom is -0.495 e. The number of anilines is 1. The number of hydrogen-bond donors (Lipinski definition) is 2. The highest BCUT2D eigenvalue weighted by Crippen LogP contribution is 2.26. The van der Waals surface area contributed by atoms with E-state index >= 15 is 0 Å². The fourth-order valence-corrected chi connectivity index (χ4v) is 1.34. The van der Waals surface area contributed by atoms with Crippen LogP contribution >= 0.6 is 11.6 Å². The monoisotopic (exact) mass is 240 g/mol. The summed E-state index contributed by atoms with van der Waals surface area (Å²) in [6.07, 6.45) is 1.60. The lowest BCUT2D eigenvalue weighted by atomic mass is 10.3. The number of urea groups is 1. The smallest absolute Gasteiger partial charge is 0.319 e. The van der Waals surface area contributed by atoms with E-state index in [0.717, 1.165) is 0 Å². The van der Waals surface area contributed by atoms with Crippen LogP contribution in [0.3, 0.4) is 0 Å². The first-order chi connectivity index (χ1) is 7.67. The summed E-state index contributed by atoms with van der Waals surface area (Å²) in [5, 5.41) is 5.67. The molecule has 1 aromatic rings. The zero-order valence-electron chi connectivity index (χ0n) is 8.92. The van der Waals surface area contributed by atoms with Crippen LogP contribution in [0.25, 0.3) is 0 Å². The van der Waals surface area contributed by atoms with Crippen molar-refractivity contribution in [1.29, 1.82) is 0 Å². The zero-order valence-corrected chi connectivity index (χ0v) is 9.67. The molecule has 0 heterocycles. The fourth-order valence-electron chi connectivity index (χ4n) is 1.08. The molecule has 0 atom stereocenters. The van der Waals surface area contributed by atoms with E-state index < -0.39 is 0 Å². The zero-order chi connectivity index (χ0) is 12.0. The highest BCUT2D eigenvalue weighted by atomic mass is 35.5. The van der Waals surface area contributed by atoms with Crippen LogP contribution in [-0.2, 0) is 0 Å². The van der Waals surface area contributed by atoms with Crippen LogP contribution in [0.15, 0.2) is 30.9 Å². The van der Waals surface area contributed by atoms with Crippen molar-refractivity contribution in [2.45, 2.75) is 0 Å². The molecule has 0 fully saturated rings. The molecule has 86 valence electrons. The Morgan fingerprint density at radius 1 is 1.62 bits per heavy atom. The second-order valence-corrected chi connectivity index (χ2v) is 3.38. The minimum absolute atomic E-state index is 0.305. The predicted molar refractivity (Wildman–Crippen MR) is 65.2 cm³/mol. The molecule has 0 saturated heterocycles. The van der Waals surface area contributed by atoms with E-state index in [-0.39, 0.29) is 6.03 Å². The van der Waals surface area contributed by atoms with Gasteiger partial charge in [0.25, 0.3) is 0 Å². The number of methoxy groups -OCH3 is 1. The molecule has 1 aromatic carbocycles. The Kier molecular flexibility index (Phi) is 4.66. The Morgan fingerprint density at radius 2 is 2.38 bits per heavy atom. The lowest BCUT2D eigenvalue weighted by Crippen LogP contribution is -2.28. The third-order valence-corrected chi connectivity index (χ3v) is 2.11. The van der Waals surface area contributed by atoms with Gasteiger partial charge in [-0.25, -0.2) is 4.79 Å². The molecule has 2 N–H and O–H groups in total. The van der Waals surface area contributed by atoms with E-state index in [1.165, 1.54) is 7.11 Å². The maximum absolute atomic E-state index is 11.3. The molecule has 2 amide bonds. The number of rotatable bonds is 4. The van der Waals surface area contributed by atoms with Gasteiger partial charge in [-0.15, -0.1) is 6.58 Å². The van der Waals surface area contributed by atoms with Gasteiger partial charge in [0.1, 0.15) is 5.75 Å². The molecule has 0 aliphatic carbocycles. The maximum Gasteiger partial charge on any atom is 0.319 e. The fraction of sp³-hybridized carbons (Fsp3) is 0.182. The highest BCUT2D eigenvalue weighted by Gasteiger charge is 2.04. The number of carbonyl (C=O) groups is 1. The van der Waals surface area contributed by atoms with Crippen molar-refractivity contribution in [3.8, 4) is 5.75 Å². The van der Waals surface area contributed by atoms with E-state index in [9.17, 15) is 4.79 Å². The van der Waals surface area contributed by atoms with Gasteiger partial charge in [-0.2, -0.15) is 0 Å². The van der Waals surface area contributed by atoms with E-state index in [1.807, 2.05) is 0 Å². The molecule has 16 heavy (non-hydrogen) atoms. The van der Waals surface area contributed by atoms with Gasteiger partial charge in [0.05, 0.1) is 12.1 Å². The number of hydrogen-bond acceptors (Lipinski definition) is 2. The maximum atomic E-state index is 11.3. The normalized spacial score (nSPS) is 9.38. The molecule has 0 unspecified atom stereocenters. The van der Waals surface area contributed by atoms with Crippen molar-refractivity contribution in [3.63, 3.8) is 0 Å². The van der Waals surface area contributed by atoms with Crippen molar-refractivity contribution >= 4 is 23.3 Å². The molecule has 0 saturated carbocycles. The van der Waals surface area contributed by atoms with Crippen molar-refractivity contribution < 1.29 is 9.53 Å². The van der Waals surface area contributed by atoms with E-state index in [1.54, 1.807) is 24.3 Å². The number of amides is 2. The Morgan fingerprint density at radius 3 is 2.94 bits per heavy atom. The molecule has 0 aliphatic heterocycles. The molecule has 5 heteroatoms.